The van der Waals surface area contributed by atoms with E-state index in [1.54, 1.807) is 22.9 Å². The van der Waals surface area contributed by atoms with Gasteiger partial charge in [0.05, 0.1) is 22.0 Å². The summed E-state index contributed by atoms with van der Waals surface area (Å²) in [5, 5.41) is 7.69. The Bertz CT molecular complexity index is 862. The molecule has 0 bridgehead atoms. The number of halogens is 2. The summed E-state index contributed by atoms with van der Waals surface area (Å²) >= 11 is 9.46. The standard InChI is InChI=1S/C17H13BrClN3O/c1-11-9-16(22(21-11)13-5-3-2-4-6-13)20-17(23)14-10-12(18)7-8-15(14)19/h2-10H,1H3,(H,20,23). The molecule has 6 heteroatoms. The summed E-state index contributed by atoms with van der Waals surface area (Å²) in [6, 6.07) is 16.6. The zero-order chi connectivity index (χ0) is 16.4. The van der Waals surface area contributed by atoms with Crippen molar-refractivity contribution in [2.75, 3.05) is 5.32 Å². The molecule has 1 N–H and O–H groups in total. The van der Waals surface area contributed by atoms with E-state index in [1.165, 1.54) is 0 Å². The zero-order valence-corrected chi connectivity index (χ0v) is 14.6. The molecule has 0 unspecified atom stereocenters. The number of carbonyl (C=O) groups is 1. The zero-order valence-electron chi connectivity index (χ0n) is 12.3. The van der Waals surface area contributed by atoms with Gasteiger partial charge in [-0.2, -0.15) is 5.10 Å². The molecule has 2 aromatic carbocycles. The molecule has 23 heavy (non-hydrogen) atoms. The fourth-order valence-electron chi connectivity index (χ4n) is 2.21. The summed E-state index contributed by atoms with van der Waals surface area (Å²) in [7, 11) is 0. The molecular weight excluding hydrogens is 378 g/mol. The second kappa shape index (κ2) is 6.56. The lowest BCUT2D eigenvalue weighted by atomic mass is 10.2. The van der Waals surface area contributed by atoms with E-state index in [4.69, 9.17) is 11.6 Å². The van der Waals surface area contributed by atoms with Crippen molar-refractivity contribution in [1.82, 2.24) is 9.78 Å². The van der Waals surface area contributed by atoms with E-state index in [0.29, 0.717) is 16.4 Å². The number of para-hydroxylation sites is 1. The SMILES string of the molecule is Cc1cc(NC(=O)c2cc(Br)ccc2Cl)n(-c2ccccc2)n1. The Morgan fingerprint density at radius 1 is 1.17 bits per heavy atom. The summed E-state index contributed by atoms with van der Waals surface area (Å²) in [4.78, 5) is 12.5. The first-order valence-corrected chi connectivity index (χ1v) is 8.10. The molecule has 4 nitrogen and oxygen atoms in total. The number of nitrogens with one attached hydrogen (secondary N) is 1. The van der Waals surface area contributed by atoms with Crippen molar-refractivity contribution in [3.8, 4) is 5.69 Å². The van der Waals surface area contributed by atoms with Gasteiger partial charge in [-0.05, 0) is 37.3 Å². The third-order valence-corrected chi connectivity index (χ3v) is 4.07. The first kappa shape index (κ1) is 15.8. The summed E-state index contributed by atoms with van der Waals surface area (Å²) < 4.78 is 2.49. The highest BCUT2D eigenvalue weighted by atomic mass is 79.9. The van der Waals surface area contributed by atoms with Crippen LogP contribution in [0.3, 0.4) is 0 Å². The van der Waals surface area contributed by atoms with Crippen LogP contribution in [-0.4, -0.2) is 15.7 Å². The van der Waals surface area contributed by atoms with E-state index in [1.807, 2.05) is 43.3 Å². The van der Waals surface area contributed by atoms with Gasteiger partial charge in [0, 0.05) is 10.5 Å². The monoisotopic (exact) mass is 389 g/mol. The minimum atomic E-state index is -0.284. The van der Waals surface area contributed by atoms with Crippen molar-refractivity contribution < 1.29 is 4.79 Å². The van der Waals surface area contributed by atoms with Crippen molar-refractivity contribution in [2.45, 2.75) is 6.92 Å². The van der Waals surface area contributed by atoms with Crippen LogP contribution in [0.2, 0.25) is 5.02 Å². The first-order valence-electron chi connectivity index (χ1n) is 6.93. The minimum absolute atomic E-state index is 0.284. The number of hydrogen-bond acceptors (Lipinski definition) is 2. The third-order valence-electron chi connectivity index (χ3n) is 3.25. The number of carbonyl (C=O) groups excluding carboxylic acids is 1. The molecule has 0 saturated heterocycles. The van der Waals surface area contributed by atoms with Crippen LogP contribution >= 0.6 is 27.5 Å². The Hall–Kier alpha value is -2.11. The minimum Gasteiger partial charge on any atom is -0.306 e. The lowest BCUT2D eigenvalue weighted by Crippen LogP contribution is -2.15. The summed E-state index contributed by atoms with van der Waals surface area (Å²) in [6.45, 7) is 1.88. The number of rotatable bonds is 3. The average molecular weight is 391 g/mol. The number of amides is 1. The van der Waals surface area contributed by atoms with Crippen LogP contribution in [0.4, 0.5) is 5.82 Å². The number of hydrogen-bond donors (Lipinski definition) is 1. The van der Waals surface area contributed by atoms with E-state index in [0.717, 1.165) is 15.9 Å². The predicted octanol–water partition coefficient (Wildman–Crippen LogP) is 4.85. The van der Waals surface area contributed by atoms with Gasteiger partial charge >= 0.3 is 0 Å². The van der Waals surface area contributed by atoms with Gasteiger partial charge in [-0.3, -0.25) is 4.79 Å². The van der Waals surface area contributed by atoms with E-state index < -0.39 is 0 Å². The predicted molar refractivity (Wildman–Crippen MR) is 95.4 cm³/mol. The molecule has 0 saturated carbocycles. The summed E-state index contributed by atoms with van der Waals surface area (Å²) in [5.41, 5.74) is 2.08. The van der Waals surface area contributed by atoms with Crippen LogP contribution in [-0.2, 0) is 0 Å². The molecule has 1 amide bonds. The topological polar surface area (TPSA) is 46.9 Å². The molecule has 3 rings (SSSR count). The number of aromatic nitrogens is 2. The van der Waals surface area contributed by atoms with Gasteiger partial charge < -0.3 is 5.32 Å². The molecule has 0 aliphatic rings. The van der Waals surface area contributed by atoms with Crippen LogP contribution in [0.1, 0.15) is 16.1 Å². The second-order valence-electron chi connectivity index (χ2n) is 5.00. The van der Waals surface area contributed by atoms with Crippen LogP contribution in [0.15, 0.2) is 59.1 Å². The van der Waals surface area contributed by atoms with Gasteiger partial charge in [0.1, 0.15) is 5.82 Å². The Labute approximate surface area is 147 Å². The molecule has 0 aliphatic carbocycles. The highest BCUT2D eigenvalue weighted by Crippen LogP contribution is 2.23. The first-order chi connectivity index (χ1) is 11.0. The smallest absolute Gasteiger partial charge is 0.258 e. The summed E-state index contributed by atoms with van der Waals surface area (Å²) in [6.07, 6.45) is 0. The third kappa shape index (κ3) is 3.46. The fraction of sp³-hybridized carbons (Fsp3) is 0.0588. The van der Waals surface area contributed by atoms with Crippen LogP contribution in [0, 0.1) is 6.92 Å². The number of aryl methyl sites for hydroxylation is 1. The molecule has 1 aromatic heterocycles. The number of nitrogens with zero attached hydrogens (tertiary/aromatic N) is 2. The van der Waals surface area contributed by atoms with Crippen molar-refractivity contribution in [3.63, 3.8) is 0 Å². The molecular formula is C17H13BrClN3O. The van der Waals surface area contributed by atoms with Crippen LogP contribution in [0.25, 0.3) is 5.69 Å². The Morgan fingerprint density at radius 3 is 2.65 bits per heavy atom. The van der Waals surface area contributed by atoms with Gasteiger partial charge in [0.15, 0.2) is 0 Å². The molecule has 0 radical (unpaired) electrons. The molecule has 0 aliphatic heterocycles. The van der Waals surface area contributed by atoms with Crippen molar-refractivity contribution >= 4 is 39.3 Å². The van der Waals surface area contributed by atoms with Crippen LogP contribution in [0.5, 0.6) is 0 Å². The average Bonchev–Trinajstić information content (AvgIpc) is 2.91. The molecule has 116 valence electrons. The quantitative estimate of drug-likeness (QED) is 0.695. The number of benzene rings is 2. The van der Waals surface area contributed by atoms with Crippen molar-refractivity contribution in [1.29, 1.82) is 0 Å². The van der Waals surface area contributed by atoms with E-state index in [-0.39, 0.29) is 5.91 Å². The largest absolute Gasteiger partial charge is 0.306 e. The Morgan fingerprint density at radius 2 is 1.91 bits per heavy atom. The maximum absolute atomic E-state index is 12.5. The normalized spacial score (nSPS) is 10.6. The van der Waals surface area contributed by atoms with Crippen molar-refractivity contribution in [3.05, 3.63) is 75.4 Å². The van der Waals surface area contributed by atoms with E-state index in [9.17, 15) is 4.79 Å². The van der Waals surface area contributed by atoms with Crippen molar-refractivity contribution in [2.24, 2.45) is 0 Å². The van der Waals surface area contributed by atoms with Gasteiger partial charge in [-0.1, -0.05) is 45.7 Å². The molecule has 3 aromatic rings. The highest BCUT2D eigenvalue weighted by molar-refractivity contribution is 9.10. The molecule has 1 heterocycles. The lowest BCUT2D eigenvalue weighted by molar-refractivity contribution is 0.102. The summed E-state index contributed by atoms with van der Waals surface area (Å²) in [5.74, 6) is 0.308. The molecule has 0 spiro atoms. The van der Waals surface area contributed by atoms with Gasteiger partial charge in [0.25, 0.3) is 5.91 Å². The van der Waals surface area contributed by atoms with E-state index >= 15 is 0 Å². The maximum Gasteiger partial charge on any atom is 0.258 e. The Kier molecular flexibility index (Phi) is 4.50. The second-order valence-corrected chi connectivity index (χ2v) is 6.32. The number of anilines is 1. The highest BCUT2D eigenvalue weighted by Gasteiger charge is 2.15. The van der Waals surface area contributed by atoms with E-state index in [2.05, 4.69) is 26.3 Å². The molecule has 0 atom stereocenters. The van der Waals surface area contributed by atoms with Gasteiger partial charge in [0.2, 0.25) is 0 Å². The van der Waals surface area contributed by atoms with Crippen LogP contribution < -0.4 is 5.32 Å². The van der Waals surface area contributed by atoms with Gasteiger partial charge in [-0.25, -0.2) is 4.68 Å². The fourth-order valence-corrected chi connectivity index (χ4v) is 2.77. The lowest BCUT2D eigenvalue weighted by Gasteiger charge is -2.10. The van der Waals surface area contributed by atoms with Gasteiger partial charge in [-0.15, -0.1) is 0 Å². The Balaban J connectivity index is 1.95. The maximum atomic E-state index is 12.5. The molecule has 0 fully saturated rings.